The van der Waals surface area contributed by atoms with Crippen LogP contribution in [-0.2, 0) is 9.84 Å². The minimum Gasteiger partial charge on any atom is -0.327 e. The summed E-state index contributed by atoms with van der Waals surface area (Å²) in [6, 6.07) is 0.194. The van der Waals surface area contributed by atoms with E-state index >= 15 is 0 Å². The summed E-state index contributed by atoms with van der Waals surface area (Å²) in [6.07, 6.45) is 1.99. The Morgan fingerprint density at radius 2 is 1.83 bits per heavy atom. The molecule has 0 saturated heterocycles. The predicted octanol–water partition coefficient (Wildman–Crippen LogP) is 0.404. The summed E-state index contributed by atoms with van der Waals surface area (Å²) < 4.78 is 21.7. The minimum absolute atomic E-state index is 0.157. The van der Waals surface area contributed by atoms with Crippen molar-refractivity contribution in [1.29, 1.82) is 0 Å². The number of rotatable bonds is 3. The van der Waals surface area contributed by atoms with Gasteiger partial charge in [0, 0.05) is 12.3 Å². The van der Waals surface area contributed by atoms with E-state index in [4.69, 9.17) is 5.73 Å². The molecule has 1 aliphatic rings. The lowest BCUT2D eigenvalue weighted by molar-refractivity contribution is 0.539. The molecule has 2 N–H and O–H groups in total. The second-order valence-electron chi connectivity index (χ2n) is 4.37. The molecular weight excluding hydrogens is 174 g/mol. The lowest BCUT2D eigenvalue weighted by Gasteiger charge is -2.00. The van der Waals surface area contributed by atoms with Gasteiger partial charge in [-0.3, -0.25) is 0 Å². The maximum absolute atomic E-state index is 10.8. The average molecular weight is 191 g/mol. The van der Waals surface area contributed by atoms with Crippen molar-refractivity contribution < 1.29 is 8.42 Å². The molecule has 0 aliphatic heterocycles. The van der Waals surface area contributed by atoms with Crippen molar-refractivity contribution in [3.63, 3.8) is 0 Å². The molecule has 4 heteroatoms. The second-order valence-corrected chi connectivity index (χ2v) is 6.63. The van der Waals surface area contributed by atoms with Gasteiger partial charge in [0.2, 0.25) is 0 Å². The SMILES string of the molecule is CC1(C)C(N)C1CCS(C)(=O)=O. The molecule has 1 rings (SSSR count). The third-order valence-corrected chi connectivity index (χ3v) is 3.92. The van der Waals surface area contributed by atoms with E-state index in [-0.39, 0.29) is 17.2 Å². The molecule has 0 aromatic carbocycles. The van der Waals surface area contributed by atoms with Crippen LogP contribution in [0, 0.1) is 11.3 Å². The molecule has 0 amide bonds. The van der Waals surface area contributed by atoms with Crippen LogP contribution < -0.4 is 5.73 Å². The van der Waals surface area contributed by atoms with Crippen LogP contribution in [0.2, 0.25) is 0 Å². The van der Waals surface area contributed by atoms with Gasteiger partial charge in [-0.05, 0) is 17.8 Å². The summed E-state index contributed by atoms with van der Waals surface area (Å²) >= 11 is 0. The van der Waals surface area contributed by atoms with Crippen LogP contribution in [0.25, 0.3) is 0 Å². The van der Waals surface area contributed by atoms with E-state index in [0.29, 0.717) is 12.3 Å². The summed E-state index contributed by atoms with van der Waals surface area (Å²) in [5.74, 6) is 0.668. The summed E-state index contributed by atoms with van der Waals surface area (Å²) in [6.45, 7) is 4.18. The quantitative estimate of drug-likeness (QED) is 0.702. The van der Waals surface area contributed by atoms with Crippen molar-refractivity contribution in [3.05, 3.63) is 0 Å². The van der Waals surface area contributed by atoms with E-state index < -0.39 is 9.84 Å². The molecule has 3 nitrogen and oxygen atoms in total. The molecule has 72 valence electrons. The van der Waals surface area contributed by atoms with Crippen LogP contribution in [0.1, 0.15) is 20.3 Å². The first kappa shape index (κ1) is 9.99. The highest BCUT2D eigenvalue weighted by molar-refractivity contribution is 7.90. The van der Waals surface area contributed by atoms with E-state index in [0.717, 1.165) is 0 Å². The molecule has 1 fully saturated rings. The van der Waals surface area contributed by atoms with Crippen molar-refractivity contribution in [3.8, 4) is 0 Å². The third-order valence-electron chi connectivity index (χ3n) is 2.94. The smallest absolute Gasteiger partial charge is 0.147 e. The first-order valence-electron chi connectivity index (χ1n) is 4.18. The molecule has 1 saturated carbocycles. The number of sulfone groups is 1. The standard InChI is InChI=1S/C8H17NO2S/c1-8(2)6(7(8)9)4-5-12(3,10)11/h6-7H,4-5,9H2,1-3H3. The van der Waals surface area contributed by atoms with Gasteiger partial charge < -0.3 is 5.73 Å². The Labute approximate surface area is 74.3 Å². The van der Waals surface area contributed by atoms with Gasteiger partial charge in [-0.15, -0.1) is 0 Å². The van der Waals surface area contributed by atoms with Crippen LogP contribution in [-0.4, -0.2) is 26.5 Å². The van der Waals surface area contributed by atoms with Crippen molar-refractivity contribution >= 4 is 9.84 Å². The van der Waals surface area contributed by atoms with Crippen LogP contribution in [0.15, 0.2) is 0 Å². The van der Waals surface area contributed by atoms with Gasteiger partial charge in [-0.2, -0.15) is 0 Å². The maximum atomic E-state index is 10.8. The molecule has 2 atom stereocenters. The Balaban J connectivity index is 2.38. The molecular formula is C8H17NO2S. The van der Waals surface area contributed by atoms with Crippen molar-refractivity contribution in [2.24, 2.45) is 17.1 Å². The van der Waals surface area contributed by atoms with Crippen LogP contribution in [0.5, 0.6) is 0 Å². The topological polar surface area (TPSA) is 60.2 Å². The van der Waals surface area contributed by atoms with Crippen LogP contribution in [0.3, 0.4) is 0 Å². The zero-order valence-corrected chi connectivity index (χ0v) is 8.69. The van der Waals surface area contributed by atoms with Crippen molar-refractivity contribution in [1.82, 2.24) is 0 Å². The summed E-state index contributed by atoms with van der Waals surface area (Å²) in [5.41, 5.74) is 5.94. The Bertz CT molecular complexity index is 269. The van der Waals surface area contributed by atoms with Gasteiger partial charge in [-0.25, -0.2) is 8.42 Å². The highest BCUT2D eigenvalue weighted by Crippen LogP contribution is 2.52. The molecule has 0 aromatic rings. The summed E-state index contributed by atoms with van der Waals surface area (Å²) in [4.78, 5) is 0. The molecule has 0 radical (unpaired) electrons. The number of hydrogen-bond acceptors (Lipinski definition) is 3. The van der Waals surface area contributed by atoms with E-state index in [2.05, 4.69) is 13.8 Å². The lowest BCUT2D eigenvalue weighted by Crippen LogP contribution is -2.08. The number of hydrogen-bond donors (Lipinski definition) is 1. The molecule has 0 heterocycles. The number of nitrogens with two attached hydrogens (primary N) is 1. The van der Waals surface area contributed by atoms with Gasteiger partial charge in [0.15, 0.2) is 0 Å². The highest BCUT2D eigenvalue weighted by Gasteiger charge is 2.54. The van der Waals surface area contributed by atoms with Gasteiger partial charge in [0.25, 0.3) is 0 Å². The predicted molar refractivity (Wildman–Crippen MR) is 49.6 cm³/mol. The fourth-order valence-electron chi connectivity index (χ4n) is 1.68. The molecule has 0 bridgehead atoms. The molecule has 1 aliphatic carbocycles. The fourth-order valence-corrected chi connectivity index (χ4v) is 2.36. The van der Waals surface area contributed by atoms with Crippen LogP contribution >= 0.6 is 0 Å². The lowest BCUT2D eigenvalue weighted by atomic mass is 10.1. The zero-order valence-electron chi connectivity index (χ0n) is 7.87. The molecule has 12 heavy (non-hydrogen) atoms. The third kappa shape index (κ3) is 1.98. The minimum atomic E-state index is -2.81. The second kappa shape index (κ2) is 2.70. The van der Waals surface area contributed by atoms with Crippen molar-refractivity contribution in [2.75, 3.05) is 12.0 Å². The van der Waals surface area contributed by atoms with Gasteiger partial charge in [-0.1, -0.05) is 13.8 Å². The Morgan fingerprint density at radius 3 is 2.08 bits per heavy atom. The molecule has 0 aromatic heterocycles. The van der Waals surface area contributed by atoms with Gasteiger partial charge in [0.1, 0.15) is 9.84 Å². The largest absolute Gasteiger partial charge is 0.327 e. The monoisotopic (exact) mass is 191 g/mol. The normalized spacial score (nSPS) is 33.3. The molecule has 2 unspecified atom stereocenters. The van der Waals surface area contributed by atoms with Gasteiger partial charge >= 0.3 is 0 Å². The Kier molecular flexibility index (Phi) is 2.25. The van der Waals surface area contributed by atoms with E-state index in [1.54, 1.807) is 0 Å². The highest BCUT2D eigenvalue weighted by atomic mass is 32.2. The van der Waals surface area contributed by atoms with E-state index in [9.17, 15) is 8.42 Å². The maximum Gasteiger partial charge on any atom is 0.147 e. The van der Waals surface area contributed by atoms with E-state index in [1.165, 1.54) is 6.26 Å². The van der Waals surface area contributed by atoms with Crippen LogP contribution in [0.4, 0.5) is 0 Å². The first-order chi connectivity index (χ1) is 5.25. The van der Waals surface area contributed by atoms with E-state index in [1.807, 2.05) is 0 Å². The zero-order chi connectivity index (χ0) is 9.57. The van der Waals surface area contributed by atoms with Crippen molar-refractivity contribution in [2.45, 2.75) is 26.3 Å². The Morgan fingerprint density at radius 1 is 1.42 bits per heavy atom. The summed E-state index contributed by atoms with van der Waals surface area (Å²) in [7, 11) is -2.81. The Hall–Kier alpha value is -0.0900. The first-order valence-corrected chi connectivity index (χ1v) is 6.24. The molecule has 0 spiro atoms. The average Bonchev–Trinajstić information content (AvgIpc) is 2.28. The van der Waals surface area contributed by atoms with Gasteiger partial charge in [0.05, 0.1) is 5.75 Å². The fraction of sp³-hybridized carbons (Fsp3) is 1.00. The summed E-state index contributed by atoms with van der Waals surface area (Å²) in [5, 5.41) is 0.